The largest absolute Gasteiger partial charge is 0.306 e. The van der Waals surface area contributed by atoms with Crippen LogP contribution < -0.4 is 0 Å². The van der Waals surface area contributed by atoms with E-state index >= 15 is 4.39 Å². The van der Waals surface area contributed by atoms with E-state index in [0.717, 1.165) is 43.1 Å². The topological polar surface area (TPSA) is 57.9 Å². The van der Waals surface area contributed by atoms with Crippen molar-refractivity contribution in [3.63, 3.8) is 0 Å². The van der Waals surface area contributed by atoms with Gasteiger partial charge in [-0.05, 0) is 82.8 Å². The molecule has 0 amide bonds. The Balaban J connectivity index is 1.14. The molecular formula is C27H33FN4O2S. The molecule has 6 rings (SSSR count). The Morgan fingerprint density at radius 2 is 1.46 bits per heavy atom. The zero-order valence-corrected chi connectivity index (χ0v) is 21.1. The maximum atomic E-state index is 15.1. The van der Waals surface area contributed by atoms with Gasteiger partial charge in [0.25, 0.3) is 0 Å². The number of pyridine rings is 1. The molecule has 1 aromatic carbocycles. The van der Waals surface area contributed by atoms with Gasteiger partial charge in [-0.3, -0.25) is 0 Å². The molecule has 6 nitrogen and oxygen atoms in total. The van der Waals surface area contributed by atoms with E-state index in [1.807, 2.05) is 16.8 Å². The maximum absolute atomic E-state index is 15.1. The second kappa shape index (κ2) is 8.98. The van der Waals surface area contributed by atoms with Crippen molar-refractivity contribution in [2.45, 2.75) is 61.4 Å². The average Bonchev–Trinajstić information content (AvgIpc) is 3.63. The highest BCUT2D eigenvalue weighted by atomic mass is 32.2. The van der Waals surface area contributed by atoms with E-state index in [1.165, 1.54) is 51.1 Å². The number of halogens is 1. The van der Waals surface area contributed by atoms with Crippen molar-refractivity contribution in [1.29, 1.82) is 0 Å². The van der Waals surface area contributed by atoms with Crippen LogP contribution in [0.15, 0.2) is 47.6 Å². The monoisotopic (exact) mass is 496 g/mol. The van der Waals surface area contributed by atoms with Crippen molar-refractivity contribution in [3.8, 4) is 11.3 Å². The van der Waals surface area contributed by atoms with Crippen LogP contribution >= 0.6 is 0 Å². The molecule has 3 aliphatic rings. The Labute approximate surface area is 206 Å². The third kappa shape index (κ3) is 4.76. The Kier molecular flexibility index (Phi) is 5.93. The molecule has 0 spiro atoms. The number of rotatable bonds is 5. The first-order valence-electron chi connectivity index (χ1n) is 12.8. The van der Waals surface area contributed by atoms with E-state index in [1.54, 1.807) is 24.3 Å². The summed E-state index contributed by atoms with van der Waals surface area (Å²) < 4.78 is 40.5. The molecule has 0 bridgehead atoms. The average molecular weight is 497 g/mol. The van der Waals surface area contributed by atoms with Crippen LogP contribution in [0.5, 0.6) is 0 Å². The number of sulfone groups is 1. The van der Waals surface area contributed by atoms with Gasteiger partial charge in [0, 0.05) is 47.9 Å². The summed E-state index contributed by atoms with van der Waals surface area (Å²) in [5.41, 5.74) is 2.85. The van der Waals surface area contributed by atoms with Crippen LogP contribution in [0.4, 0.5) is 4.39 Å². The molecule has 3 aromatic rings. The van der Waals surface area contributed by atoms with Crippen molar-refractivity contribution in [1.82, 2.24) is 19.2 Å². The smallest absolute Gasteiger partial charge is 0.175 e. The van der Waals surface area contributed by atoms with Gasteiger partial charge in [-0.2, -0.15) is 0 Å². The summed E-state index contributed by atoms with van der Waals surface area (Å²) in [6, 6.07) is 9.76. The van der Waals surface area contributed by atoms with Gasteiger partial charge in [-0.15, -0.1) is 0 Å². The lowest BCUT2D eigenvalue weighted by atomic mass is 9.88. The number of hydrogen-bond donors (Lipinski definition) is 0. The second-order valence-electron chi connectivity index (χ2n) is 10.6. The van der Waals surface area contributed by atoms with E-state index in [0.29, 0.717) is 17.4 Å². The lowest BCUT2D eigenvalue weighted by Gasteiger charge is -2.42. The molecule has 3 fully saturated rings. The summed E-state index contributed by atoms with van der Waals surface area (Å²) in [5, 5.41) is 0. The van der Waals surface area contributed by atoms with Gasteiger partial charge in [-0.1, -0.05) is 12.1 Å². The highest BCUT2D eigenvalue weighted by Gasteiger charge is 2.34. The van der Waals surface area contributed by atoms with Crippen molar-refractivity contribution < 1.29 is 12.8 Å². The minimum atomic E-state index is -3.25. The second-order valence-corrected chi connectivity index (χ2v) is 12.6. The first kappa shape index (κ1) is 23.1. The number of fused-ring (bicyclic) bond motifs is 1. The molecule has 35 heavy (non-hydrogen) atoms. The Morgan fingerprint density at radius 3 is 2.06 bits per heavy atom. The number of benzene rings is 1. The van der Waals surface area contributed by atoms with Crippen molar-refractivity contribution in [3.05, 3.63) is 54.1 Å². The van der Waals surface area contributed by atoms with Gasteiger partial charge in [0.15, 0.2) is 9.84 Å². The number of nitrogens with zero attached hydrogens (tertiary/aromatic N) is 4. The molecule has 0 unspecified atom stereocenters. The third-order valence-electron chi connectivity index (χ3n) is 8.20. The van der Waals surface area contributed by atoms with Crippen molar-refractivity contribution >= 4 is 15.5 Å². The zero-order chi connectivity index (χ0) is 24.2. The van der Waals surface area contributed by atoms with Crippen LogP contribution in [0.25, 0.3) is 16.9 Å². The number of hydrogen-bond acceptors (Lipinski definition) is 5. The fourth-order valence-corrected chi connectivity index (χ4v) is 6.60. The van der Waals surface area contributed by atoms with Crippen LogP contribution in [0.1, 0.15) is 50.0 Å². The summed E-state index contributed by atoms with van der Waals surface area (Å²) in [4.78, 5) is 10.2. The molecule has 186 valence electrons. The molecule has 8 heteroatoms. The lowest BCUT2D eigenvalue weighted by Crippen LogP contribution is -2.48. The summed E-state index contributed by atoms with van der Waals surface area (Å²) in [6.07, 6.45) is 12.3. The predicted molar refractivity (Wildman–Crippen MR) is 135 cm³/mol. The van der Waals surface area contributed by atoms with E-state index < -0.39 is 9.84 Å². The van der Waals surface area contributed by atoms with Crippen molar-refractivity contribution in [2.75, 3.05) is 32.4 Å². The van der Waals surface area contributed by atoms with E-state index in [2.05, 4.69) is 14.8 Å². The SMILES string of the molecule is CS(=O)(=O)c1ccc(-c2cn3cc(C4CCN(C5CCN(C6CC6)CC5)CC4)c(F)cc3n2)cc1. The number of aromatic nitrogens is 2. The van der Waals surface area contributed by atoms with Crippen LogP contribution in [-0.4, -0.2) is 72.1 Å². The molecule has 0 N–H and O–H groups in total. The molecule has 0 atom stereocenters. The highest BCUT2D eigenvalue weighted by Crippen LogP contribution is 2.35. The Morgan fingerprint density at radius 1 is 0.857 bits per heavy atom. The molecule has 1 aliphatic carbocycles. The van der Waals surface area contributed by atoms with Gasteiger partial charge in [0.1, 0.15) is 11.5 Å². The number of likely N-dealkylation sites (tertiary alicyclic amines) is 2. The summed E-state index contributed by atoms with van der Waals surface area (Å²) in [7, 11) is -3.25. The lowest BCUT2D eigenvalue weighted by molar-refractivity contribution is 0.0840. The van der Waals surface area contributed by atoms with Gasteiger partial charge in [0.2, 0.25) is 0 Å². The van der Waals surface area contributed by atoms with E-state index in [4.69, 9.17) is 0 Å². The minimum Gasteiger partial charge on any atom is -0.306 e. The number of imidazole rings is 1. The molecular weight excluding hydrogens is 463 g/mol. The number of piperidine rings is 2. The minimum absolute atomic E-state index is 0.182. The fraction of sp³-hybridized carbons (Fsp3) is 0.519. The third-order valence-corrected chi connectivity index (χ3v) is 9.33. The Bertz CT molecular complexity index is 1320. The zero-order valence-electron chi connectivity index (χ0n) is 20.2. The fourth-order valence-electron chi connectivity index (χ4n) is 5.97. The molecule has 2 aromatic heterocycles. The van der Waals surface area contributed by atoms with Crippen LogP contribution in [-0.2, 0) is 9.84 Å². The maximum Gasteiger partial charge on any atom is 0.175 e. The van der Waals surface area contributed by atoms with Gasteiger partial charge >= 0.3 is 0 Å². The molecule has 1 saturated carbocycles. The molecule has 4 heterocycles. The van der Waals surface area contributed by atoms with Crippen molar-refractivity contribution in [2.24, 2.45) is 0 Å². The standard InChI is InChI=1S/C27H33FN4O2S/c1-35(33,34)23-6-2-20(3-7-23)26-18-32-17-24(25(28)16-27(32)29-26)19-8-12-30(13-9-19)22-10-14-31(15-11-22)21-4-5-21/h2-3,6-7,16-19,21-22H,4-5,8-15H2,1H3. The first-order chi connectivity index (χ1) is 16.8. The molecule has 2 aliphatic heterocycles. The predicted octanol–water partition coefficient (Wildman–Crippen LogP) is 4.35. The van der Waals surface area contributed by atoms with E-state index in [9.17, 15) is 8.42 Å². The summed E-state index contributed by atoms with van der Waals surface area (Å²) >= 11 is 0. The highest BCUT2D eigenvalue weighted by molar-refractivity contribution is 7.90. The van der Waals surface area contributed by atoms with Gasteiger partial charge in [0.05, 0.1) is 10.6 Å². The van der Waals surface area contributed by atoms with Crippen LogP contribution in [0.3, 0.4) is 0 Å². The van der Waals surface area contributed by atoms with Gasteiger partial charge < -0.3 is 14.2 Å². The summed E-state index contributed by atoms with van der Waals surface area (Å²) in [6.45, 7) is 4.55. The van der Waals surface area contributed by atoms with Crippen LogP contribution in [0.2, 0.25) is 0 Å². The first-order valence-corrected chi connectivity index (χ1v) is 14.7. The van der Waals surface area contributed by atoms with E-state index in [-0.39, 0.29) is 16.6 Å². The molecule has 2 saturated heterocycles. The molecule has 0 radical (unpaired) electrons. The van der Waals surface area contributed by atoms with Crippen LogP contribution in [0, 0.1) is 5.82 Å². The summed E-state index contributed by atoms with van der Waals surface area (Å²) in [5.74, 6) is 0.0420. The quantitative estimate of drug-likeness (QED) is 0.526. The normalized spacial score (nSPS) is 21.7. The van der Waals surface area contributed by atoms with Gasteiger partial charge in [-0.25, -0.2) is 17.8 Å². The Hall–Kier alpha value is -2.29.